The zero-order valence-electron chi connectivity index (χ0n) is 18.5. The van der Waals surface area contributed by atoms with Crippen molar-refractivity contribution in [3.63, 3.8) is 0 Å². The summed E-state index contributed by atoms with van der Waals surface area (Å²) in [6.07, 6.45) is 3.50. The molecule has 4 aromatic rings. The number of nitrogens with one attached hydrogen (secondary N) is 4. The molecule has 0 atom stereocenters. The van der Waals surface area contributed by atoms with E-state index in [0.717, 1.165) is 18.4 Å². The second-order valence-corrected chi connectivity index (χ2v) is 8.19. The Labute approximate surface area is 194 Å². The standard InChI is InChI=1S/C24H23N7O3/c1-14-13-25-23(26-15-8-9-18-19(12-15)29-24(34)28-18)30-21(14)27-17-7-3-2-6-16(17)20(32)22(33)31-10-4-5-11-31/h2-3,6-9,12-13H,4-5,10-11H2,1H3,(H2,28,29,34)(H2,25,26,27,30). The molecule has 1 amide bonds. The molecule has 1 fully saturated rings. The van der Waals surface area contributed by atoms with Crippen LogP contribution in [0.4, 0.5) is 23.1 Å². The van der Waals surface area contributed by atoms with Crippen molar-refractivity contribution >= 4 is 45.9 Å². The number of likely N-dealkylation sites (tertiary alicyclic amines) is 1. The average Bonchev–Trinajstić information content (AvgIpc) is 3.49. The van der Waals surface area contributed by atoms with Crippen LogP contribution in [0.25, 0.3) is 11.0 Å². The highest BCUT2D eigenvalue weighted by Crippen LogP contribution is 2.25. The van der Waals surface area contributed by atoms with Crippen LogP contribution in [0.2, 0.25) is 0 Å². The van der Waals surface area contributed by atoms with Crippen molar-refractivity contribution in [2.24, 2.45) is 0 Å². The molecule has 0 radical (unpaired) electrons. The number of nitrogens with zero attached hydrogens (tertiary/aromatic N) is 3. The molecule has 1 aliphatic rings. The zero-order chi connectivity index (χ0) is 23.7. The van der Waals surface area contributed by atoms with Crippen molar-refractivity contribution in [1.29, 1.82) is 0 Å². The van der Waals surface area contributed by atoms with E-state index in [1.54, 1.807) is 53.6 Å². The lowest BCUT2D eigenvalue weighted by molar-refractivity contribution is -0.125. The van der Waals surface area contributed by atoms with Crippen LogP contribution in [-0.4, -0.2) is 49.6 Å². The summed E-state index contributed by atoms with van der Waals surface area (Å²) >= 11 is 0. The molecular formula is C24H23N7O3. The number of para-hydroxylation sites is 1. The Morgan fingerprint density at radius 2 is 1.76 bits per heavy atom. The lowest BCUT2D eigenvalue weighted by atomic mass is 10.1. The van der Waals surface area contributed by atoms with Gasteiger partial charge >= 0.3 is 5.69 Å². The molecule has 0 spiro atoms. The highest BCUT2D eigenvalue weighted by atomic mass is 16.2. The normalized spacial score (nSPS) is 13.3. The number of imidazole rings is 1. The zero-order valence-corrected chi connectivity index (χ0v) is 18.5. The minimum Gasteiger partial charge on any atom is -0.339 e. The van der Waals surface area contributed by atoms with Gasteiger partial charge in [-0.2, -0.15) is 4.98 Å². The van der Waals surface area contributed by atoms with Crippen LogP contribution >= 0.6 is 0 Å². The predicted molar refractivity (Wildman–Crippen MR) is 129 cm³/mol. The van der Waals surface area contributed by atoms with E-state index < -0.39 is 11.7 Å². The molecule has 0 aliphatic carbocycles. The summed E-state index contributed by atoms with van der Waals surface area (Å²) in [6.45, 7) is 3.08. The van der Waals surface area contributed by atoms with Gasteiger partial charge in [0.15, 0.2) is 0 Å². The second kappa shape index (κ2) is 8.81. The maximum atomic E-state index is 12.9. The molecule has 0 unspecified atom stereocenters. The minimum absolute atomic E-state index is 0.276. The van der Waals surface area contributed by atoms with Gasteiger partial charge in [-0.25, -0.2) is 9.78 Å². The van der Waals surface area contributed by atoms with Crippen molar-refractivity contribution < 1.29 is 9.59 Å². The first-order valence-electron chi connectivity index (χ1n) is 11.0. The van der Waals surface area contributed by atoms with Crippen LogP contribution in [0.15, 0.2) is 53.5 Å². The lowest BCUT2D eigenvalue weighted by Gasteiger charge is -2.16. The number of benzene rings is 2. The molecule has 4 N–H and O–H groups in total. The number of aromatic amines is 2. The maximum Gasteiger partial charge on any atom is 0.323 e. The Morgan fingerprint density at radius 3 is 2.59 bits per heavy atom. The van der Waals surface area contributed by atoms with Crippen LogP contribution in [0, 0.1) is 6.92 Å². The number of aryl methyl sites for hydroxylation is 1. The van der Waals surface area contributed by atoms with Crippen LogP contribution in [0.1, 0.15) is 28.8 Å². The number of rotatable bonds is 6. The molecule has 10 heteroatoms. The largest absolute Gasteiger partial charge is 0.339 e. The topological polar surface area (TPSA) is 136 Å². The van der Waals surface area contributed by atoms with Crippen molar-refractivity contribution in [2.75, 3.05) is 23.7 Å². The Morgan fingerprint density at radius 1 is 1.00 bits per heavy atom. The van der Waals surface area contributed by atoms with Crippen molar-refractivity contribution in [3.05, 3.63) is 70.3 Å². The van der Waals surface area contributed by atoms with Crippen molar-refractivity contribution in [1.82, 2.24) is 24.8 Å². The van der Waals surface area contributed by atoms with Gasteiger partial charge in [-0.1, -0.05) is 12.1 Å². The molecule has 2 aromatic carbocycles. The summed E-state index contributed by atoms with van der Waals surface area (Å²) in [4.78, 5) is 53.0. The molecule has 1 saturated heterocycles. The first-order chi connectivity index (χ1) is 16.5. The van der Waals surface area contributed by atoms with Gasteiger partial charge in [-0.05, 0) is 50.1 Å². The third-order valence-electron chi connectivity index (χ3n) is 5.76. The third-order valence-corrected chi connectivity index (χ3v) is 5.76. The average molecular weight is 457 g/mol. The van der Waals surface area contributed by atoms with E-state index in [1.807, 2.05) is 6.92 Å². The number of H-pyrrole nitrogens is 2. The van der Waals surface area contributed by atoms with E-state index >= 15 is 0 Å². The van der Waals surface area contributed by atoms with Gasteiger partial charge in [0, 0.05) is 30.5 Å². The number of hydrogen-bond acceptors (Lipinski definition) is 7. The summed E-state index contributed by atoms with van der Waals surface area (Å²) in [5.41, 5.74) is 3.35. The van der Waals surface area contributed by atoms with Gasteiger partial charge in [0.05, 0.1) is 22.3 Å². The number of fused-ring (bicyclic) bond motifs is 1. The fourth-order valence-electron chi connectivity index (χ4n) is 3.96. The SMILES string of the molecule is Cc1cnc(Nc2ccc3[nH]c(=O)[nH]c3c2)nc1Nc1ccccc1C(=O)C(=O)N1CCCC1. The summed E-state index contributed by atoms with van der Waals surface area (Å²) in [7, 11) is 0. The highest BCUT2D eigenvalue weighted by molar-refractivity contribution is 6.44. The molecule has 172 valence electrons. The van der Waals surface area contributed by atoms with Gasteiger partial charge < -0.3 is 25.5 Å². The van der Waals surface area contributed by atoms with E-state index in [9.17, 15) is 14.4 Å². The van der Waals surface area contributed by atoms with E-state index in [0.29, 0.717) is 52.8 Å². The van der Waals surface area contributed by atoms with Gasteiger partial charge in [-0.15, -0.1) is 0 Å². The number of carbonyl (C=O) groups is 2. The number of aromatic nitrogens is 4. The molecule has 10 nitrogen and oxygen atoms in total. The number of hydrogen-bond donors (Lipinski definition) is 4. The first-order valence-corrected chi connectivity index (χ1v) is 11.0. The smallest absolute Gasteiger partial charge is 0.323 e. The fourth-order valence-corrected chi connectivity index (χ4v) is 3.96. The molecular weight excluding hydrogens is 434 g/mol. The fraction of sp³-hybridized carbons (Fsp3) is 0.208. The third kappa shape index (κ3) is 4.25. The lowest BCUT2D eigenvalue weighted by Crippen LogP contribution is -2.34. The van der Waals surface area contributed by atoms with Crippen LogP contribution in [0.3, 0.4) is 0 Å². The Hall–Kier alpha value is -4.47. The highest BCUT2D eigenvalue weighted by Gasteiger charge is 2.27. The summed E-state index contributed by atoms with van der Waals surface area (Å²) in [6, 6.07) is 12.3. The molecule has 2 aromatic heterocycles. The van der Waals surface area contributed by atoms with E-state index in [4.69, 9.17) is 0 Å². The predicted octanol–water partition coefficient (Wildman–Crippen LogP) is 3.25. The summed E-state index contributed by atoms with van der Waals surface area (Å²) in [5.74, 6) is -0.180. The quantitative estimate of drug-likeness (QED) is 0.258. The van der Waals surface area contributed by atoms with Gasteiger partial charge in [-0.3, -0.25) is 9.59 Å². The minimum atomic E-state index is -0.538. The number of amides is 1. The van der Waals surface area contributed by atoms with Gasteiger partial charge in [0.2, 0.25) is 5.95 Å². The Bertz CT molecular complexity index is 1450. The van der Waals surface area contributed by atoms with Crippen LogP contribution in [0.5, 0.6) is 0 Å². The van der Waals surface area contributed by atoms with E-state index in [2.05, 4.69) is 30.6 Å². The van der Waals surface area contributed by atoms with Gasteiger partial charge in [0.1, 0.15) is 5.82 Å². The van der Waals surface area contributed by atoms with Gasteiger partial charge in [0.25, 0.3) is 11.7 Å². The van der Waals surface area contributed by atoms with E-state index in [1.165, 1.54) is 0 Å². The summed E-state index contributed by atoms with van der Waals surface area (Å²) in [5, 5.41) is 6.32. The molecule has 0 saturated carbocycles. The molecule has 0 bridgehead atoms. The Kier molecular flexibility index (Phi) is 5.54. The number of Topliss-reactive ketones (excluding diaryl/α,β-unsaturated/α-hetero) is 1. The number of anilines is 4. The summed E-state index contributed by atoms with van der Waals surface area (Å²) < 4.78 is 0. The van der Waals surface area contributed by atoms with Crippen LogP contribution in [-0.2, 0) is 4.79 Å². The van der Waals surface area contributed by atoms with Crippen molar-refractivity contribution in [3.8, 4) is 0 Å². The molecule has 5 rings (SSSR count). The number of ketones is 1. The Balaban J connectivity index is 1.39. The molecule has 3 heterocycles. The maximum absolute atomic E-state index is 12.9. The van der Waals surface area contributed by atoms with E-state index in [-0.39, 0.29) is 5.69 Å². The number of carbonyl (C=O) groups excluding carboxylic acids is 2. The second-order valence-electron chi connectivity index (χ2n) is 8.19. The molecule has 1 aliphatic heterocycles. The molecule has 34 heavy (non-hydrogen) atoms. The van der Waals surface area contributed by atoms with Crippen LogP contribution < -0.4 is 16.3 Å². The monoisotopic (exact) mass is 457 g/mol. The van der Waals surface area contributed by atoms with Crippen molar-refractivity contribution in [2.45, 2.75) is 19.8 Å². The first kappa shape index (κ1) is 21.4.